The van der Waals surface area contributed by atoms with Crippen LogP contribution in [0.1, 0.15) is 18.4 Å². The summed E-state index contributed by atoms with van der Waals surface area (Å²) in [5, 5.41) is 5.74. The van der Waals surface area contributed by atoms with Gasteiger partial charge in [0, 0.05) is 29.7 Å². The van der Waals surface area contributed by atoms with E-state index < -0.39 is 15.9 Å². The van der Waals surface area contributed by atoms with Crippen LogP contribution in [0, 0.1) is 5.92 Å². The molecule has 1 aliphatic heterocycles. The first-order valence-electron chi connectivity index (χ1n) is 10.1. The topological polar surface area (TPSA) is 66.5 Å². The van der Waals surface area contributed by atoms with Crippen molar-refractivity contribution in [3.63, 3.8) is 0 Å². The average Bonchev–Trinajstić information content (AvgIpc) is 2.78. The molecule has 4 rings (SSSR count). The van der Waals surface area contributed by atoms with Crippen molar-refractivity contribution in [1.82, 2.24) is 9.62 Å². The third kappa shape index (κ3) is 4.88. The first-order chi connectivity index (χ1) is 14.8. The first kappa shape index (κ1) is 22.1. The molecule has 0 radical (unpaired) electrons. The van der Waals surface area contributed by atoms with Crippen LogP contribution in [-0.4, -0.2) is 31.7 Å². The van der Waals surface area contributed by atoms with Crippen molar-refractivity contribution < 1.29 is 13.2 Å². The van der Waals surface area contributed by atoms with Gasteiger partial charge in [-0.3, -0.25) is 4.79 Å². The summed E-state index contributed by atoms with van der Waals surface area (Å²) < 4.78 is 27.9. The highest BCUT2D eigenvalue weighted by Crippen LogP contribution is 2.27. The zero-order valence-corrected chi connectivity index (χ0v) is 19.1. The number of nitrogens with one attached hydrogen (secondary N) is 1. The van der Waals surface area contributed by atoms with E-state index in [-0.39, 0.29) is 23.9 Å². The second kappa shape index (κ2) is 9.17. The smallest absolute Gasteiger partial charge is 0.243 e. The number of fused-ring (bicyclic) bond motifs is 1. The fourth-order valence-electron chi connectivity index (χ4n) is 3.84. The molecule has 1 atom stereocenters. The van der Waals surface area contributed by atoms with Crippen LogP contribution in [0.25, 0.3) is 10.8 Å². The van der Waals surface area contributed by atoms with Gasteiger partial charge in [0.15, 0.2) is 0 Å². The lowest BCUT2D eigenvalue weighted by atomic mass is 9.99. The quantitative estimate of drug-likeness (QED) is 0.571. The fourth-order valence-corrected chi connectivity index (χ4v) is 5.88. The molecular formula is C23H22Cl2N2O3S. The molecule has 0 aliphatic carbocycles. The second-order valence-electron chi connectivity index (χ2n) is 7.66. The van der Waals surface area contributed by atoms with Gasteiger partial charge in [0.1, 0.15) is 0 Å². The summed E-state index contributed by atoms with van der Waals surface area (Å²) in [6.45, 7) is 0.833. The summed E-state index contributed by atoms with van der Waals surface area (Å²) in [5.74, 6) is -0.584. The maximum atomic E-state index is 13.2. The van der Waals surface area contributed by atoms with Gasteiger partial charge in [0.25, 0.3) is 0 Å². The zero-order chi connectivity index (χ0) is 22.0. The summed E-state index contributed by atoms with van der Waals surface area (Å²) in [6.07, 6.45) is 1.27. The van der Waals surface area contributed by atoms with Crippen LogP contribution in [0.2, 0.25) is 10.0 Å². The number of carbonyl (C=O) groups is 1. The van der Waals surface area contributed by atoms with Crippen molar-refractivity contribution in [3.05, 3.63) is 76.3 Å². The molecule has 3 aromatic carbocycles. The first-order valence-corrected chi connectivity index (χ1v) is 12.2. The molecule has 5 nitrogen and oxygen atoms in total. The number of amides is 1. The van der Waals surface area contributed by atoms with E-state index in [1.165, 1.54) is 4.31 Å². The van der Waals surface area contributed by atoms with E-state index >= 15 is 0 Å². The molecule has 1 saturated heterocycles. The number of piperidine rings is 1. The highest BCUT2D eigenvalue weighted by molar-refractivity contribution is 7.89. The molecular weight excluding hydrogens is 455 g/mol. The Labute approximate surface area is 192 Å². The van der Waals surface area contributed by atoms with Crippen molar-refractivity contribution in [2.24, 2.45) is 5.92 Å². The van der Waals surface area contributed by atoms with Crippen molar-refractivity contribution in [1.29, 1.82) is 0 Å². The van der Waals surface area contributed by atoms with Gasteiger partial charge in [-0.1, -0.05) is 59.6 Å². The molecule has 0 spiro atoms. The summed E-state index contributed by atoms with van der Waals surface area (Å²) >= 11 is 12.1. The molecule has 1 heterocycles. The van der Waals surface area contributed by atoms with Crippen LogP contribution >= 0.6 is 23.2 Å². The molecule has 1 fully saturated rings. The lowest BCUT2D eigenvalue weighted by Gasteiger charge is -2.31. The Morgan fingerprint density at radius 3 is 2.58 bits per heavy atom. The molecule has 1 N–H and O–H groups in total. The van der Waals surface area contributed by atoms with Crippen molar-refractivity contribution in [2.45, 2.75) is 24.3 Å². The molecule has 162 valence electrons. The van der Waals surface area contributed by atoms with E-state index in [0.717, 1.165) is 16.3 Å². The van der Waals surface area contributed by atoms with Crippen LogP contribution in [0.4, 0.5) is 0 Å². The minimum absolute atomic E-state index is 0.162. The second-order valence-corrected chi connectivity index (χ2v) is 10.4. The lowest BCUT2D eigenvalue weighted by molar-refractivity contribution is -0.126. The predicted molar refractivity (Wildman–Crippen MR) is 124 cm³/mol. The lowest BCUT2D eigenvalue weighted by Crippen LogP contribution is -2.45. The van der Waals surface area contributed by atoms with Gasteiger partial charge in [-0.2, -0.15) is 4.31 Å². The number of benzene rings is 3. The highest BCUT2D eigenvalue weighted by atomic mass is 35.5. The number of carbonyl (C=O) groups excluding carboxylic acids is 1. The molecule has 3 aromatic rings. The largest absolute Gasteiger partial charge is 0.352 e. The number of rotatable bonds is 5. The Bertz CT molecular complexity index is 1230. The maximum absolute atomic E-state index is 13.2. The van der Waals surface area contributed by atoms with Gasteiger partial charge in [-0.25, -0.2) is 8.42 Å². The monoisotopic (exact) mass is 476 g/mol. The Hall–Kier alpha value is -2.12. The van der Waals surface area contributed by atoms with E-state index in [9.17, 15) is 13.2 Å². The Balaban J connectivity index is 1.45. The van der Waals surface area contributed by atoms with E-state index in [4.69, 9.17) is 23.2 Å². The molecule has 31 heavy (non-hydrogen) atoms. The van der Waals surface area contributed by atoms with E-state index in [1.54, 1.807) is 30.3 Å². The Kier molecular flexibility index (Phi) is 6.53. The van der Waals surface area contributed by atoms with Gasteiger partial charge in [-0.15, -0.1) is 0 Å². The van der Waals surface area contributed by atoms with Gasteiger partial charge >= 0.3 is 0 Å². The third-order valence-corrected chi connectivity index (χ3v) is 8.03. The molecule has 0 aromatic heterocycles. The summed E-state index contributed by atoms with van der Waals surface area (Å²) in [6, 6.07) is 17.9. The minimum atomic E-state index is -3.68. The number of hydrogen-bond donors (Lipinski definition) is 1. The molecule has 0 saturated carbocycles. The Morgan fingerprint density at radius 1 is 1.03 bits per heavy atom. The molecule has 1 amide bonds. The van der Waals surface area contributed by atoms with E-state index in [2.05, 4.69) is 5.32 Å². The van der Waals surface area contributed by atoms with Gasteiger partial charge in [0.2, 0.25) is 15.9 Å². The standard InChI is InChI=1S/C23H22Cl2N2O3S/c24-20-9-7-18(22(25)13-20)14-26-23(28)19-6-3-11-27(15-19)31(29,30)21-10-8-16-4-1-2-5-17(16)12-21/h1-2,4-5,7-10,12-13,19H,3,6,11,14-15H2,(H,26,28)/t19-/m0/s1. The van der Waals surface area contributed by atoms with E-state index in [0.29, 0.717) is 29.4 Å². The summed E-state index contributed by atoms with van der Waals surface area (Å²) in [7, 11) is -3.68. The molecule has 1 aliphatic rings. The van der Waals surface area contributed by atoms with Crippen LogP contribution < -0.4 is 5.32 Å². The number of sulfonamides is 1. The van der Waals surface area contributed by atoms with Gasteiger partial charge in [0.05, 0.1) is 10.8 Å². The summed E-state index contributed by atoms with van der Waals surface area (Å²) in [4.78, 5) is 13.0. The molecule has 0 bridgehead atoms. The molecule has 0 unspecified atom stereocenters. The van der Waals surface area contributed by atoms with Crippen LogP contribution in [0.15, 0.2) is 65.6 Å². The van der Waals surface area contributed by atoms with Crippen molar-refractivity contribution in [3.8, 4) is 0 Å². The zero-order valence-electron chi connectivity index (χ0n) is 16.7. The van der Waals surface area contributed by atoms with E-state index in [1.807, 2.05) is 30.3 Å². The van der Waals surface area contributed by atoms with Crippen molar-refractivity contribution in [2.75, 3.05) is 13.1 Å². The number of hydrogen-bond acceptors (Lipinski definition) is 3. The fraction of sp³-hybridized carbons (Fsp3) is 0.261. The summed E-state index contributed by atoms with van der Waals surface area (Å²) in [5.41, 5.74) is 0.760. The normalized spacial score (nSPS) is 17.5. The van der Waals surface area contributed by atoms with Crippen LogP contribution in [0.3, 0.4) is 0 Å². The van der Waals surface area contributed by atoms with Gasteiger partial charge < -0.3 is 5.32 Å². The average molecular weight is 477 g/mol. The third-order valence-electron chi connectivity index (χ3n) is 5.58. The number of halogens is 2. The van der Waals surface area contributed by atoms with Gasteiger partial charge in [-0.05, 0) is 53.4 Å². The minimum Gasteiger partial charge on any atom is -0.352 e. The van der Waals surface area contributed by atoms with Crippen LogP contribution in [0.5, 0.6) is 0 Å². The SMILES string of the molecule is O=C(NCc1ccc(Cl)cc1Cl)[C@H]1CCCN(S(=O)(=O)c2ccc3ccccc3c2)C1. The predicted octanol–water partition coefficient (Wildman–Crippen LogP) is 4.86. The Morgan fingerprint density at radius 2 is 1.81 bits per heavy atom. The molecule has 8 heteroatoms. The van der Waals surface area contributed by atoms with Crippen molar-refractivity contribution >= 4 is 49.9 Å². The highest BCUT2D eigenvalue weighted by Gasteiger charge is 2.33. The maximum Gasteiger partial charge on any atom is 0.243 e. The van der Waals surface area contributed by atoms with Crippen LogP contribution in [-0.2, 0) is 21.4 Å². The number of nitrogens with zero attached hydrogens (tertiary/aromatic N) is 1.